The van der Waals surface area contributed by atoms with E-state index in [0.717, 1.165) is 46.8 Å². The lowest BCUT2D eigenvalue weighted by molar-refractivity contribution is -0.116. The van der Waals surface area contributed by atoms with Crippen LogP contribution in [0.15, 0.2) is 27.8 Å². The van der Waals surface area contributed by atoms with Gasteiger partial charge in [-0.25, -0.2) is 9.78 Å². The zero-order valence-electron chi connectivity index (χ0n) is 16.7. The summed E-state index contributed by atoms with van der Waals surface area (Å²) in [4.78, 5) is 44.6. The Morgan fingerprint density at radius 2 is 1.90 bits per heavy atom. The molecule has 0 saturated carbocycles. The molecule has 29 heavy (non-hydrogen) atoms. The molecule has 1 N–H and O–H groups in total. The fourth-order valence-electron chi connectivity index (χ4n) is 3.48. The van der Waals surface area contributed by atoms with Gasteiger partial charge >= 0.3 is 5.69 Å². The fraction of sp³-hybridized carbons (Fsp3) is 0.400. The van der Waals surface area contributed by atoms with Crippen LogP contribution in [-0.4, -0.2) is 33.1 Å². The topological polar surface area (TPSA) is 89.2 Å². The standard InChI is InChI=1S/C20H23N5O3S/c1-12-6-7-14(10-13(12)2)21-15(26)11-25-17-16(18(27)23(3)20(25)28)29-19(22-17)24-8-4-5-9-24/h6-7,10H,4-5,8-9,11H2,1-3H3,(H,21,26). The second-order valence-electron chi connectivity index (χ2n) is 7.42. The number of carbonyl (C=O) groups excluding carboxylic acids is 1. The number of hydrogen-bond acceptors (Lipinski definition) is 6. The first-order valence-electron chi connectivity index (χ1n) is 9.57. The molecule has 1 aromatic carbocycles. The van der Waals surface area contributed by atoms with E-state index in [1.807, 2.05) is 32.0 Å². The van der Waals surface area contributed by atoms with Crippen LogP contribution in [-0.2, 0) is 18.4 Å². The smallest absolute Gasteiger partial charge is 0.332 e. The summed E-state index contributed by atoms with van der Waals surface area (Å²) in [5.74, 6) is -0.342. The van der Waals surface area contributed by atoms with Crippen molar-refractivity contribution in [3.8, 4) is 0 Å². The summed E-state index contributed by atoms with van der Waals surface area (Å²) in [5.41, 5.74) is 2.23. The van der Waals surface area contributed by atoms with Crippen LogP contribution in [0.4, 0.5) is 10.8 Å². The monoisotopic (exact) mass is 413 g/mol. The van der Waals surface area contributed by atoms with Crippen molar-refractivity contribution in [2.45, 2.75) is 33.2 Å². The van der Waals surface area contributed by atoms with E-state index in [-0.39, 0.29) is 23.7 Å². The van der Waals surface area contributed by atoms with Gasteiger partial charge in [0.15, 0.2) is 10.8 Å². The number of hydrogen-bond donors (Lipinski definition) is 1. The molecule has 3 aromatic rings. The summed E-state index contributed by atoms with van der Waals surface area (Å²) in [5, 5.41) is 3.55. The van der Waals surface area contributed by atoms with E-state index in [2.05, 4.69) is 15.2 Å². The first kappa shape index (κ1) is 19.4. The molecule has 4 rings (SSSR count). The van der Waals surface area contributed by atoms with Gasteiger partial charge in [-0.05, 0) is 49.9 Å². The molecule has 0 spiro atoms. The number of thiazole rings is 1. The van der Waals surface area contributed by atoms with E-state index >= 15 is 0 Å². The minimum Gasteiger partial charge on any atom is -0.348 e. The number of carbonyl (C=O) groups is 1. The SMILES string of the molecule is Cc1ccc(NC(=O)Cn2c(=O)n(C)c(=O)c3sc(N4CCCC4)nc32)cc1C. The van der Waals surface area contributed by atoms with Gasteiger partial charge in [-0.2, -0.15) is 0 Å². The summed E-state index contributed by atoms with van der Waals surface area (Å²) in [7, 11) is 1.43. The van der Waals surface area contributed by atoms with Gasteiger partial charge in [-0.3, -0.25) is 18.7 Å². The Labute approximate surface area is 171 Å². The summed E-state index contributed by atoms with van der Waals surface area (Å²) in [6, 6.07) is 5.65. The molecule has 0 aliphatic carbocycles. The highest BCUT2D eigenvalue weighted by atomic mass is 32.1. The van der Waals surface area contributed by atoms with E-state index in [4.69, 9.17) is 0 Å². The summed E-state index contributed by atoms with van der Waals surface area (Å²) in [6.07, 6.45) is 2.16. The molecule has 0 bridgehead atoms. The molecule has 0 atom stereocenters. The van der Waals surface area contributed by atoms with E-state index in [9.17, 15) is 14.4 Å². The Balaban J connectivity index is 1.70. The van der Waals surface area contributed by atoms with Crippen molar-refractivity contribution in [2.24, 2.45) is 7.05 Å². The lowest BCUT2D eigenvalue weighted by Crippen LogP contribution is -2.39. The number of benzene rings is 1. The highest BCUT2D eigenvalue weighted by molar-refractivity contribution is 7.22. The van der Waals surface area contributed by atoms with Gasteiger partial charge in [0.1, 0.15) is 11.2 Å². The highest BCUT2D eigenvalue weighted by Gasteiger charge is 2.22. The summed E-state index contributed by atoms with van der Waals surface area (Å²) < 4.78 is 2.72. The van der Waals surface area contributed by atoms with Crippen LogP contribution in [0.25, 0.3) is 10.3 Å². The molecular weight excluding hydrogens is 390 g/mol. The number of amides is 1. The predicted molar refractivity (Wildman–Crippen MR) is 115 cm³/mol. The zero-order chi connectivity index (χ0) is 20.7. The van der Waals surface area contributed by atoms with Crippen molar-refractivity contribution < 1.29 is 4.79 Å². The van der Waals surface area contributed by atoms with Crippen LogP contribution < -0.4 is 21.5 Å². The molecule has 3 heterocycles. The largest absolute Gasteiger partial charge is 0.348 e. The van der Waals surface area contributed by atoms with E-state index in [1.165, 1.54) is 23.0 Å². The average Bonchev–Trinajstić information content (AvgIpc) is 3.36. The van der Waals surface area contributed by atoms with Gasteiger partial charge in [-0.1, -0.05) is 17.4 Å². The fourth-order valence-corrected chi connectivity index (χ4v) is 4.58. The number of fused-ring (bicyclic) bond motifs is 1. The van der Waals surface area contributed by atoms with Crippen LogP contribution >= 0.6 is 11.3 Å². The molecule has 1 saturated heterocycles. The number of aryl methyl sites for hydroxylation is 2. The Bertz CT molecular complexity index is 1220. The van der Waals surface area contributed by atoms with Gasteiger partial charge < -0.3 is 10.2 Å². The minimum atomic E-state index is -0.545. The quantitative estimate of drug-likeness (QED) is 0.707. The van der Waals surface area contributed by atoms with E-state index < -0.39 is 5.69 Å². The van der Waals surface area contributed by atoms with E-state index in [0.29, 0.717) is 10.4 Å². The maximum Gasteiger partial charge on any atom is 0.332 e. The third kappa shape index (κ3) is 3.57. The second kappa shape index (κ2) is 7.47. The zero-order valence-corrected chi connectivity index (χ0v) is 17.5. The third-order valence-corrected chi connectivity index (χ3v) is 6.43. The molecule has 8 nitrogen and oxygen atoms in total. The molecule has 1 fully saturated rings. The first-order valence-corrected chi connectivity index (χ1v) is 10.4. The highest BCUT2D eigenvalue weighted by Crippen LogP contribution is 2.28. The lowest BCUT2D eigenvalue weighted by Gasteiger charge is -2.12. The summed E-state index contributed by atoms with van der Waals surface area (Å²) in [6.45, 7) is 5.54. The van der Waals surface area contributed by atoms with Crippen molar-refractivity contribution in [3.63, 3.8) is 0 Å². The molecule has 1 amide bonds. The Morgan fingerprint density at radius 3 is 2.59 bits per heavy atom. The normalized spacial score (nSPS) is 14.0. The number of anilines is 2. The Kier molecular flexibility index (Phi) is 4.99. The van der Waals surface area contributed by atoms with Crippen molar-refractivity contribution in [2.75, 3.05) is 23.3 Å². The van der Waals surface area contributed by atoms with Crippen LogP contribution in [0.3, 0.4) is 0 Å². The molecule has 9 heteroatoms. The first-order chi connectivity index (χ1) is 13.8. The van der Waals surface area contributed by atoms with Gasteiger partial charge in [0.05, 0.1) is 0 Å². The van der Waals surface area contributed by atoms with Crippen molar-refractivity contribution >= 4 is 38.4 Å². The van der Waals surface area contributed by atoms with Gasteiger partial charge in [-0.15, -0.1) is 0 Å². The number of nitrogens with one attached hydrogen (secondary N) is 1. The van der Waals surface area contributed by atoms with Gasteiger partial charge in [0, 0.05) is 25.8 Å². The molecule has 0 radical (unpaired) electrons. The Morgan fingerprint density at radius 1 is 1.17 bits per heavy atom. The number of nitrogens with zero attached hydrogens (tertiary/aromatic N) is 4. The molecule has 2 aromatic heterocycles. The molecule has 0 unspecified atom stereocenters. The average molecular weight is 414 g/mol. The van der Waals surface area contributed by atoms with Crippen molar-refractivity contribution in [1.82, 2.24) is 14.1 Å². The van der Waals surface area contributed by atoms with Crippen LogP contribution in [0.2, 0.25) is 0 Å². The van der Waals surface area contributed by atoms with E-state index in [1.54, 1.807) is 0 Å². The number of rotatable bonds is 4. The van der Waals surface area contributed by atoms with Gasteiger partial charge in [0.2, 0.25) is 5.91 Å². The predicted octanol–water partition coefficient (Wildman–Crippen LogP) is 2.01. The number of aromatic nitrogens is 3. The second-order valence-corrected chi connectivity index (χ2v) is 8.40. The maximum atomic E-state index is 12.7. The molecule has 1 aliphatic heterocycles. The molecule has 1 aliphatic rings. The van der Waals surface area contributed by atoms with Crippen LogP contribution in [0.5, 0.6) is 0 Å². The summed E-state index contributed by atoms with van der Waals surface area (Å²) >= 11 is 1.28. The maximum absolute atomic E-state index is 12.7. The van der Waals surface area contributed by atoms with Crippen LogP contribution in [0, 0.1) is 13.8 Å². The minimum absolute atomic E-state index is 0.209. The van der Waals surface area contributed by atoms with Crippen molar-refractivity contribution in [1.29, 1.82) is 0 Å². The Hall–Kier alpha value is -2.94. The molecule has 152 valence electrons. The van der Waals surface area contributed by atoms with Crippen LogP contribution in [0.1, 0.15) is 24.0 Å². The van der Waals surface area contributed by atoms with Gasteiger partial charge in [0.25, 0.3) is 5.56 Å². The van der Waals surface area contributed by atoms with Crippen molar-refractivity contribution in [3.05, 3.63) is 50.2 Å². The lowest BCUT2D eigenvalue weighted by atomic mass is 10.1. The third-order valence-electron chi connectivity index (χ3n) is 5.34. The molecular formula is C20H23N5O3S.